The molecular formula is C26H33Cl2N3O6S. The highest BCUT2D eigenvalue weighted by Gasteiger charge is 2.32. The first-order valence-electron chi connectivity index (χ1n) is 12.2. The van der Waals surface area contributed by atoms with Gasteiger partial charge in [-0.3, -0.25) is 13.9 Å². The molecule has 12 heteroatoms. The highest BCUT2D eigenvalue weighted by atomic mass is 35.5. The average molecular weight is 587 g/mol. The van der Waals surface area contributed by atoms with Crippen molar-refractivity contribution in [2.45, 2.75) is 51.2 Å². The summed E-state index contributed by atoms with van der Waals surface area (Å²) >= 11 is 12.2. The molecule has 38 heavy (non-hydrogen) atoms. The number of carbonyl (C=O) groups is 2. The fourth-order valence-electron chi connectivity index (χ4n) is 4.39. The molecule has 1 N–H and O–H groups in total. The second-order valence-electron chi connectivity index (χ2n) is 9.24. The Morgan fingerprint density at radius 1 is 1.05 bits per heavy atom. The predicted molar refractivity (Wildman–Crippen MR) is 149 cm³/mol. The number of anilines is 1. The van der Waals surface area contributed by atoms with Crippen LogP contribution in [0.1, 0.15) is 38.2 Å². The summed E-state index contributed by atoms with van der Waals surface area (Å²) in [5.41, 5.74) is 0.808. The molecule has 1 aliphatic rings. The van der Waals surface area contributed by atoms with Crippen molar-refractivity contribution in [1.82, 2.24) is 10.2 Å². The summed E-state index contributed by atoms with van der Waals surface area (Å²) in [5.74, 6) is -0.207. The standard InChI is InChI=1S/C26H33Cl2N3O6S/c1-17(26(33)29-19-7-5-6-8-19)30(15-18-9-11-21(27)22(28)13-18)25(32)16-31(38(4,34)35)23-12-10-20(36-2)14-24(23)37-3/h9-14,17,19H,5-8,15-16H2,1-4H3,(H,29,33)/t17-/m1/s1. The molecule has 0 saturated heterocycles. The fourth-order valence-corrected chi connectivity index (χ4v) is 5.57. The van der Waals surface area contributed by atoms with Crippen LogP contribution in [0.2, 0.25) is 10.0 Å². The largest absolute Gasteiger partial charge is 0.497 e. The lowest BCUT2D eigenvalue weighted by Gasteiger charge is -2.32. The van der Waals surface area contributed by atoms with E-state index < -0.39 is 28.5 Å². The van der Waals surface area contributed by atoms with Crippen LogP contribution in [0.15, 0.2) is 36.4 Å². The Labute approximate surface area is 234 Å². The normalized spacial score (nSPS) is 14.6. The third-order valence-electron chi connectivity index (χ3n) is 6.54. The van der Waals surface area contributed by atoms with E-state index in [1.165, 1.54) is 31.3 Å². The maximum atomic E-state index is 13.8. The minimum absolute atomic E-state index is 0.0202. The lowest BCUT2D eigenvalue weighted by atomic mass is 10.1. The summed E-state index contributed by atoms with van der Waals surface area (Å²) in [6, 6.07) is 8.72. The quantitative estimate of drug-likeness (QED) is 0.422. The molecule has 208 valence electrons. The first kappa shape index (κ1) is 29.9. The molecule has 2 aromatic carbocycles. The number of carbonyl (C=O) groups excluding carboxylic acids is 2. The van der Waals surface area contributed by atoms with Gasteiger partial charge in [-0.25, -0.2) is 8.42 Å². The highest BCUT2D eigenvalue weighted by Crippen LogP contribution is 2.34. The van der Waals surface area contributed by atoms with E-state index in [0.29, 0.717) is 21.4 Å². The summed E-state index contributed by atoms with van der Waals surface area (Å²) in [6.45, 7) is 1.09. The van der Waals surface area contributed by atoms with Gasteiger partial charge in [0.25, 0.3) is 0 Å². The maximum absolute atomic E-state index is 13.8. The molecule has 1 aliphatic carbocycles. The summed E-state index contributed by atoms with van der Waals surface area (Å²) in [4.78, 5) is 28.3. The molecule has 0 unspecified atom stereocenters. The van der Waals surface area contributed by atoms with Crippen molar-refractivity contribution in [2.24, 2.45) is 0 Å². The van der Waals surface area contributed by atoms with Crippen molar-refractivity contribution in [3.05, 3.63) is 52.0 Å². The van der Waals surface area contributed by atoms with Gasteiger partial charge in [-0.05, 0) is 49.6 Å². The molecule has 1 atom stereocenters. The zero-order chi connectivity index (χ0) is 28.0. The molecule has 0 bridgehead atoms. The monoisotopic (exact) mass is 585 g/mol. The number of nitrogens with one attached hydrogen (secondary N) is 1. The van der Waals surface area contributed by atoms with E-state index in [0.717, 1.165) is 36.2 Å². The second kappa shape index (κ2) is 12.9. The molecule has 9 nitrogen and oxygen atoms in total. The predicted octanol–water partition coefficient (Wildman–Crippen LogP) is 4.25. The lowest BCUT2D eigenvalue weighted by Crippen LogP contribution is -2.52. The topological polar surface area (TPSA) is 105 Å². The van der Waals surface area contributed by atoms with E-state index in [-0.39, 0.29) is 29.9 Å². The van der Waals surface area contributed by atoms with E-state index in [2.05, 4.69) is 5.32 Å². The van der Waals surface area contributed by atoms with E-state index in [1.807, 2.05) is 0 Å². The van der Waals surface area contributed by atoms with E-state index >= 15 is 0 Å². The van der Waals surface area contributed by atoms with Gasteiger partial charge in [0.15, 0.2) is 0 Å². The number of nitrogens with zero attached hydrogens (tertiary/aromatic N) is 2. The van der Waals surface area contributed by atoms with E-state index in [1.54, 1.807) is 31.2 Å². The van der Waals surface area contributed by atoms with Gasteiger partial charge in [-0.2, -0.15) is 0 Å². The van der Waals surface area contributed by atoms with Crippen LogP contribution in [0.25, 0.3) is 0 Å². The third-order valence-corrected chi connectivity index (χ3v) is 8.41. The van der Waals surface area contributed by atoms with Crippen LogP contribution >= 0.6 is 23.2 Å². The van der Waals surface area contributed by atoms with Gasteiger partial charge < -0.3 is 19.7 Å². The molecule has 1 fully saturated rings. The summed E-state index contributed by atoms with van der Waals surface area (Å²) in [7, 11) is -1.05. The Balaban J connectivity index is 1.94. The van der Waals surface area contributed by atoms with Gasteiger partial charge in [0.05, 0.1) is 36.2 Å². The maximum Gasteiger partial charge on any atom is 0.244 e. The van der Waals surface area contributed by atoms with Crippen LogP contribution in [-0.4, -0.2) is 64.2 Å². The third kappa shape index (κ3) is 7.45. The van der Waals surface area contributed by atoms with Gasteiger partial charge in [0.2, 0.25) is 21.8 Å². The van der Waals surface area contributed by atoms with Crippen molar-refractivity contribution in [3.63, 3.8) is 0 Å². The SMILES string of the molecule is COc1ccc(N(CC(=O)N(Cc2ccc(Cl)c(Cl)c2)[C@H](C)C(=O)NC2CCCC2)S(C)(=O)=O)c(OC)c1. The number of sulfonamides is 1. The average Bonchev–Trinajstić information content (AvgIpc) is 3.39. The van der Waals surface area contributed by atoms with E-state index in [4.69, 9.17) is 32.7 Å². The first-order chi connectivity index (χ1) is 17.9. The van der Waals surface area contributed by atoms with Gasteiger partial charge in [-0.1, -0.05) is 42.1 Å². The molecule has 0 spiro atoms. The molecule has 2 aromatic rings. The molecule has 1 saturated carbocycles. The Kier molecular flexibility index (Phi) is 10.1. The molecule has 0 aliphatic heterocycles. The minimum atomic E-state index is -3.92. The summed E-state index contributed by atoms with van der Waals surface area (Å²) in [6.07, 6.45) is 4.86. The Morgan fingerprint density at radius 2 is 1.74 bits per heavy atom. The molecule has 0 heterocycles. The van der Waals surface area contributed by atoms with Crippen molar-refractivity contribution in [3.8, 4) is 11.5 Å². The van der Waals surface area contributed by atoms with Crippen molar-refractivity contribution in [1.29, 1.82) is 0 Å². The number of benzene rings is 2. The van der Waals surface area contributed by atoms with Gasteiger partial charge in [0, 0.05) is 18.7 Å². The molecule has 0 radical (unpaired) electrons. The molecule has 3 rings (SSSR count). The Hall–Kier alpha value is -2.69. The van der Waals surface area contributed by atoms with Crippen molar-refractivity contribution in [2.75, 3.05) is 31.3 Å². The lowest BCUT2D eigenvalue weighted by molar-refractivity contribution is -0.139. The number of methoxy groups -OCH3 is 2. The van der Waals surface area contributed by atoms with Gasteiger partial charge in [-0.15, -0.1) is 0 Å². The van der Waals surface area contributed by atoms with Crippen LogP contribution in [0, 0.1) is 0 Å². The highest BCUT2D eigenvalue weighted by molar-refractivity contribution is 7.92. The molecular weight excluding hydrogens is 553 g/mol. The van der Waals surface area contributed by atoms with Gasteiger partial charge in [0.1, 0.15) is 24.1 Å². The van der Waals surface area contributed by atoms with Crippen LogP contribution < -0.4 is 19.1 Å². The van der Waals surface area contributed by atoms with E-state index in [9.17, 15) is 18.0 Å². The van der Waals surface area contributed by atoms with Crippen molar-refractivity contribution < 1.29 is 27.5 Å². The number of hydrogen-bond donors (Lipinski definition) is 1. The van der Waals surface area contributed by atoms with Crippen LogP contribution in [0.3, 0.4) is 0 Å². The van der Waals surface area contributed by atoms with Crippen LogP contribution in [0.5, 0.6) is 11.5 Å². The molecule has 0 aromatic heterocycles. The Morgan fingerprint density at radius 3 is 2.32 bits per heavy atom. The number of ether oxygens (including phenoxy) is 2. The number of amides is 2. The van der Waals surface area contributed by atoms with Crippen LogP contribution in [-0.2, 0) is 26.2 Å². The van der Waals surface area contributed by atoms with Gasteiger partial charge >= 0.3 is 0 Å². The minimum Gasteiger partial charge on any atom is -0.497 e. The first-order valence-corrected chi connectivity index (χ1v) is 14.8. The zero-order valence-corrected chi connectivity index (χ0v) is 24.2. The zero-order valence-electron chi connectivity index (χ0n) is 21.9. The number of halogens is 2. The Bertz CT molecular complexity index is 1270. The van der Waals surface area contributed by atoms with Crippen LogP contribution in [0.4, 0.5) is 5.69 Å². The summed E-state index contributed by atoms with van der Waals surface area (Å²) in [5, 5.41) is 3.68. The number of rotatable bonds is 11. The smallest absolute Gasteiger partial charge is 0.244 e. The number of hydrogen-bond acceptors (Lipinski definition) is 6. The molecule has 2 amide bonds. The second-order valence-corrected chi connectivity index (χ2v) is 12.0. The fraction of sp³-hybridized carbons (Fsp3) is 0.462. The van der Waals surface area contributed by atoms with Crippen molar-refractivity contribution >= 4 is 50.7 Å². The summed E-state index contributed by atoms with van der Waals surface area (Å²) < 4.78 is 37.2.